The molecule has 0 aliphatic rings. The zero-order chi connectivity index (χ0) is 9.14. The van der Waals surface area contributed by atoms with Crippen LogP contribution in [0.25, 0.3) is 0 Å². The summed E-state index contributed by atoms with van der Waals surface area (Å²) in [6, 6.07) is 3.69. The van der Waals surface area contributed by atoms with Gasteiger partial charge in [0.25, 0.3) is 0 Å². The summed E-state index contributed by atoms with van der Waals surface area (Å²) in [5, 5.41) is 9.54. The van der Waals surface area contributed by atoms with Gasteiger partial charge in [0.1, 0.15) is 5.75 Å². The van der Waals surface area contributed by atoms with Crippen molar-refractivity contribution in [2.75, 3.05) is 0 Å². The maximum Gasteiger partial charge on any atom is 0.154 e. The lowest BCUT2D eigenvalue weighted by Crippen LogP contribution is -1.91. The second kappa shape index (κ2) is 3.39. The van der Waals surface area contributed by atoms with E-state index >= 15 is 0 Å². The van der Waals surface area contributed by atoms with E-state index in [2.05, 4.69) is 0 Å². The van der Waals surface area contributed by atoms with Crippen LogP contribution in [0, 0.1) is 6.92 Å². The smallest absolute Gasteiger partial charge is 0.154 e. The van der Waals surface area contributed by atoms with Gasteiger partial charge < -0.3 is 5.11 Å². The molecule has 12 heavy (non-hydrogen) atoms. The Labute approximate surface area is 71.8 Å². The Morgan fingerprint density at radius 2 is 2.17 bits per heavy atom. The highest BCUT2D eigenvalue weighted by atomic mass is 16.3. The fourth-order valence-corrected chi connectivity index (χ4v) is 1.19. The fraction of sp³-hybridized carbons (Fsp3) is 0.300. The Kier molecular flexibility index (Phi) is 2.48. The van der Waals surface area contributed by atoms with Gasteiger partial charge in [-0.2, -0.15) is 0 Å². The number of benzene rings is 1. The molecule has 0 amide bonds. The quantitative estimate of drug-likeness (QED) is 0.679. The minimum absolute atomic E-state index is 0.132. The van der Waals surface area contributed by atoms with Crippen molar-refractivity contribution >= 4 is 6.29 Å². The third-order valence-electron chi connectivity index (χ3n) is 2.02. The number of hydrogen-bond donors (Lipinski definition) is 1. The first-order chi connectivity index (χ1) is 5.70. The van der Waals surface area contributed by atoms with Crippen LogP contribution in [0.5, 0.6) is 5.75 Å². The monoisotopic (exact) mass is 164 g/mol. The molecule has 2 heteroatoms. The molecule has 0 spiro atoms. The Hall–Kier alpha value is -1.31. The largest absolute Gasteiger partial charge is 0.507 e. The molecular weight excluding hydrogens is 152 g/mol. The van der Waals surface area contributed by atoms with Gasteiger partial charge in [-0.05, 0) is 24.5 Å². The number of rotatable bonds is 2. The number of phenols is 1. The SMILES string of the molecule is CCc1ccc(C)c(C=O)c1O. The minimum Gasteiger partial charge on any atom is -0.507 e. The van der Waals surface area contributed by atoms with Crippen molar-refractivity contribution < 1.29 is 9.90 Å². The number of carbonyl (C=O) groups excluding carboxylic acids is 1. The molecule has 1 N–H and O–H groups in total. The molecule has 0 saturated heterocycles. The van der Waals surface area contributed by atoms with E-state index in [1.54, 1.807) is 0 Å². The first-order valence-electron chi connectivity index (χ1n) is 3.97. The summed E-state index contributed by atoms with van der Waals surface area (Å²) >= 11 is 0. The molecule has 0 radical (unpaired) electrons. The maximum absolute atomic E-state index is 10.6. The molecule has 0 unspecified atom stereocenters. The molecule has 1 aromatic carbocycles. The Bertz CT molecular complexity index is 303. The van der Waals surface area contributed by atoms with Gasteiger partial charge in [0, 0.05) is 0 Å². The summed E-state index contributed by atoms with van der Waals surface area (Å²) in [6.07, 6.45) is 1.44. The molecule has 1 rings (SSSR count). The van der Waals surface area contributed by atoms with Gasteiger partial charge in [-0.15, -0.1) is 0 Å². The van der Waals surface area contributed by atoms with Gasteiger partial charge in [0.15, 0.2) is 6.29 Å². The number of phenolic OH excluding ortho intramolecular Hbond substituents is 1. The van der Waals surface area contributed by atoms with Crippen molar-refractivity contribution in [1.82, 2.24) is 0 Å². The topological polar surface area (TPSA) is 37.3 Å². The molecule has 0 fully saturated rings. The van der Waals surface area contributed by atoms with E-state index in [1.807, 2.05) is 26.0 Å². The average molecular weight is 164 g/mol. The summed E-state index contributed by atoms with van der Waals surface area (Å²) in [5.74, 6) is 0.132. The third kappa shape index (κ3) is 1.33. The summed E-state index contributed by atoms with van der Waals surface area (Å²) in [5.41, 5.74) is 2.05. The predicted molar refractivity (Wildman–Crippen MR) is 47.6 cm³/mol. The summed E-state index contributed by atoms with van der Waals surface area (Å²) in [7, 11) is 0. The van der Waals surface area contributed by atoms with Crippen LogP contribution >= 0.6 is 0 Å². The molecular formula is C10H12O2. The van der Waals surface area contributed by atoms with Crippen LogP contribution in [0.3, 0.4) is 0 Å². The summed E-state index contributed by atoms with van der Waals surface area (Å²) in [4.78, 5) is 10.6. The number of hydrogen-bond acceptors (Lipinski definition) is 2. The van der Waals surface area contributed by atoms with Crippen LogP contribution in [0.4, 0.5) is 0 Å². The fourth-order valence-electron chi connectivity index (χ4n) is 1.19. The molecule has 0 aliphatic heterocycles. The number of aryl methyl sites for hydroxylation is 2. The van der Waals surface area contributed by atoms with Gasteiger partial charge in [0.2, 0.25) is 0 Å². The molecule has 0 saturated carbocycles. The Morgan fingerprint density at radius 1 is 1.50 bits per heavy atom. The first kappa shape index (κ1) is 8.78. The predicted octanol–water partition coefficient (Wildman–Crippen LogP) is 2.08. The Balaban J connectivity index is 3.33. The minimum atomic E-state index is 0.132. The van der Waals surface area contributed by atoms with Crippen molar-refractivity contribution in [2.24, 2.45) is 0 Å². The van der Waals surface area contributed by atoms with Crippen LogP contribution < -0.4 is 0 Å². The second-order valence-corrected chi connectivity index (χ2v) is 2.78. The highest BCUT2D eigenvalue weighted by molar-refractivity contribution is 5.82. The van der Waals surface area contributed by atoms with Crippen LogP contribution in [-0.4, -0.2) is 11.4 Å². The van der Waals surface area contributed by atoms with E-state index in [9.17, 15) is 9.90 Å². The third-order valence-corrected chi connectivity index (χ3v) is 2.02. The average Bonchev–Trinajstić information content (AvgIpc) is 2.06. The normalized spacial score (nSPS) is 9.83. The van der Waals surface area contributed by atoms with Gasteiger partial charge in [-0.3, -0.25) is 4.79 Å². The molecule has 0 heterocycles. The zero-order valence-electron chi connectivity index (χ0n) is 7.29. The van der Waals surface area contributed by atoms with E-state index in [0.717, 1.165) is 17.5 Å². The molecule has 0 aromatic heterocycles. The second-order valence-electron chi connectivity index (χ2n) is 2.78. The van der Waals surface area contributed by atoms with E-state index in [0.29, 0.717) is 11.8 Å². The van der Waals surface area contributed by atoms with E-state index in [-0.39, 0.29) is 5.75 Å². The van der Waals surface area contributed by atoms with Crippen molar-refractivity contribution in [1.29, 1.82) is 0 Å². The van der Waals surface area contributed by atoms with Crippen molar-refractivity contribution in [3.05, 3.63) is 28.8 Å². The van der Waals surface area contributed by atoms with Crippen molar-refractivity contribution in [3.63, 3.8) is 0 Å². The standard InChI is InChI=1S/C10H12O2/c1-3-8-5-4-7(2)9(6-11)10(8)12/h4-6,12H,3H2,1-2H3. The highest BCUT2D eigenvalue weighted by Crippen LogP contribution is 2.24. The maximum atomic E-state index is 10.6. The number of carbonyl (C=O) groups is 1. The molecule has 2 nitrogen and oxygen atoms in total. The van der Waals surface area contributed by atoms with Crippen molar-refractivity contribution in [3.8, 4) is 5.75 Å². The van der Waals surface area contributed by atoms with Gasteiger partial charge in [0.05, 0.1) is 5.56 Å². The lowest BCUT2D eigenvalue weighted by atomic mass is 10.0. The number of aromatic hydroxyl groups is 1. The number of aldehydes is 1. The summed E-state index contributed by atoms with van der Waals surface area (Å²) in [6.45, 7) is 3.75. The van der Waals surface area contributed by atoms with E-state index in [4.69, 9.17) is 0 Å². The van der Waals surface area contributed by atoms with Gasteiger partial charge in [-0.1, -0.05) is 19.1 Å². The van der Waals surface area contributed by atoms with Crippen LogP contribution in [0.1, 0.15) is 28.4 Å². The van der Waals surface area contributed by atoms with Crippen LogP contribution in [0.15, 0.2) is 12.1 Å². The van der Waals surface area contributed by atoms with Gasteiger partial charge in [-0.25, -0.2) is 0 Å². The van der Waals surface area contributed by atoms with Crippen LogP contribution in [0.2, 0.25) is 0 Å². The van der Waals surface area contributed by atoms with Crippen molar-refractivity contribution in [2.45, 2.75) is 20.3 Å². The lowest BCUT2D eigenvalue weighted by molar-refractivity contribution is 0.112. The summed E-state index contributed by atoms with van der Waals surface area (Å²) < 4.78 is 0. The Morgan fingerprint density at radius 3 is 2.67 bits per heavy atom. The lowest BCUT2D eigenvalue weighted by Gasteiger charge is -2.05. The first-order valence-corrected chi connectivity index (χ1v) is 3.97. The molecule has 0 bridgehead atoms. The molecule has 0 aliphatic carbocycles. The molecule has 1 aromatic rings. The van der Waals surface area contributed by atoms with E-state index in [1.165, 1.54) is 0 Å². The molecule has 64 valence electrons. The zero-order valence-corrected chi connectivity index (χ0v) is 7.29. The van der Waals surface area contributed by atoms with E-state index < -0.39 is 0 Å². The highest BCUT2D eigenvalue weighted by Gasteiger charge is 2.07. The van der Waals surface area contributed by atoms with Crippen LogP contribution in [-0.2, 0) is 6.42 Å². The van der Waals surface area contributed by atoms with Gasteiger partial charge >= 0.3 is 0 Å². The molecule has 0 atom stereocenters.